The molecule has 0 unspecified atom stereocenters. The Balaban J connectivity index is 2.64. The quantitative estimate of drug-likeness (QED) is 0.261. The first-order chi connectivity index (χ1) is 8.36. The van der Waals surface area contributed by atoms with Crippen LogP contribution in [-0.4, -0.2) is 74.8 Å². The van der Waals surface area contributed by atoms with Crippen LogP contribution in [0.1, 0.15) is 6.42 Å². The van der Waals surface area contributed by atoms with E-state index in [1.165, 1.54) is 0 Å². The lowest BCUT2D eigenvalue weighted by molar-refractivity contribution is -0.292. The summed E-state index contributed by atoms with van der Waals surface area (Å²) >= 11 is 0. The first-order valence-electron chi connectivity index (χ1n) is 5.08. The van der Waals surface area contributed by atoms with Gasteiger partial charge in [0, 0.05) is 0 Å². The molecule has 104 valence electrons. The summed E-state index contributed by atoms with van der Waals surface area (Å²) < 4.78 is 9.33. The Morgan fingerprint density at radius 3 is 2.22 bits per heavy atom. The van der Waals surface area contributed by atoms with Crippen molar-refractivity contribution in [1.29, 1.82) is 0 Å². The third kappa shape index (κ3) is 3.37. The van der Waals surface area contributed by atoms with Crippen LogP contribution in [0.5, 0.6) is 0 Å². The number of carbonyl (C=O) groups is 2. The van der Waals surface area contributed by atoms with Crippen molar-refractivity contribution >= 4 is 11.9 Å². The SMILES string of the molecule is O=C(O)CC(=O)O[C@@H]1O[C@H](CO)[C@@H](O)[C@H](O)[C@H]1O. The molecule has 0 bridgehead atoms. The molecule has 0 aromatic rings. The van der Waals surface area contributed by atoms with Gasteiger partial charge in [0.05, 0.1) is 6.61 Å². The Morgan fingerprint density at radius 2 is 1.72 bits per heavy atom. The van der Waals surface area contributed by atoms with Gasteiger partial charge in [0.1, 0.15) is 30.8 Å². The third-order valence-electron chi connectivity index (χ3n) is 2.39. The summed E-state index contributed by atoms with van der Waals surface area (Å²) in [6.45, 7) is -0.669. The number of aliphatic hydroxyl groups excluding tert-OH is 4. The monoisotopic (exact) mass is 266 g/mol. The fraction of sp³-hybridized carbons (Fsp3) is 0.778. The smallest absolute Gasteiger partial charge is 0.319 e. The zero-order valence-electron chi connectivity index (χ0n) is 9.17. The molecular weight excluding hydrogens is 252 g/mol. The third-order valence-corrected chi connectivity index (χ3v) is 2.39. The summed E-state index contributed by atoms with van der Waals surface area (Å²) in [6, 6.07) is 0. The number of ether oxygens (including phenoxy) is 2. The van der Waals surface area contributed by atoms with E-state index in [0.29, 0.717) is 0 Å². The molecule has 0 radical (unpaired) electrons. The van der Waals surface area contributed by atoms with E-state index in [4.69, 9.17) is 14.9 Å². The van der Waals surface area contributed by atoms with Crippen LogP contribution < -0.4 is 0 Å². The largest absolute Gasteiger partial charge is 0.481 e. The zero-order valence-corrected chi connectivity index (χ0v) is 9.17. The molecule has 1 heterocycles. The number of carbonyl (C=O) groups excluding carboxylic acids is 1. The van der Waals surface area contributed by atoms with Crippen LogP contribution in [0, 0.1) is 0 Å². The van der Waals surface area contributed by atoms with Crippen LogP contribution in [0.15, 0.2) is 0 Å². The topological polar surface area (TPSA) is 154 Å². The van der Waals surface area contributed by atoms with Crippen LogP contribution in [-0.2, 0) is 19.1 Å². The van der Waals surface area contributed by atoms with Gasteiger partial charge in [0.25, 0.3) is 0 Å². The van der Waals surface area contributed by atoms with Crippen LogP contribution in [0.2, 0.25) is 0 Å². The average molecular weight is 266 g/mol. The van der Waals surface area contributed by atoms with Crippen LogP contribution in [0.3, 0.4) is 0 Å². The lowest BCUT2D eigenvalue weighted by atomic mass is 9.99. The molecule has 0 aromatic heterocycles. The van der Waals surface area contributed by atoms with Crippen molar-refractivity contribution in [3.63, 3.8) is 0 Å². The van der Waals surface area contributed by atoms with Crippen molar-refractivity contribution in [2.24, 2.45) is 0 Å². The number of carboxylic acid groups (broad SMARTS) is 1. The van der Waals surface area contributed by atoms with E-state index in [-0.39, 0.29) is 0 Å². The highest BCUT2D eigenvalue weighted by Gasteiger charge is 2.45. The molecule has 1 fully saturated rings. The van der Waals surface area contributed by atoms with E-state index in [1.807, 2.05) is 0 Å². The molecule has 1 rings (SSSR count). The lowest BCUT2D eigenvalue weighted by Crippen LogP contribution is -2.59. The fourth-order valence-electron chi connectivity index (χ4n) is 1.46. The van der Waals surface area contributed by atoms with E-state index in [2.05, 4.69) is 4.74 Å². The van der Waals surface area contributed by atoms with Gasteiger partial charge in [-0.2, -0.15) is 0 Å². The molecule has 1 aliphatic rings. The molecule has 5 atom stereocenters. The standard InChI is InChI=1S/C9H14O9/c10-2-3-6(14)7(15)8(16)9(17-3)18-5(13)1-4(11)12/h3,6-10,14-16H,1-2H2,(H,11,12)/t3-,6-,7+,8-,9+/m1/s1. The van der Waals surface area contributed by atoms with Gasteiger partial charge in [0.15, 0.2) is 0 Å². The van der Waals surface area contributed by atoms with Gasteiger partial charge in [-0.3, -0.25) is 9.59 Å². The minimum atomic E-state index is -1.74. The molecule has 1 aliphatic heterocycles. The van der Waals surface area contributed by atoms with Gasteiger partial charge in [-0.15, -0.1) is 0 Å². The van der Waals surface area contributed by atoms with Gasteiger partial charge in [-0.25, -0.2) is 0 Å². The van der Waals surface area contributed by atoms with Crippen LogP contribution >= 0.6 is 0 Å². The van der Waals surface area contributed by atoms with Gasteiger partial charge in [-0.05, 0) is 0 Å². The first-order valence-corrected chi connectivity index (χ1v) is 5.08. The highest BCUT2D eigenvalue weighted by molar-refractivity contribution is 5.90. The number of hydrogen-bond donors (Lipinski definition) is 5. The molecule has 0 saturated carbocycles. The summed E-state index contributed by atoms with van der Waals surface area (Å²) in [5, 5.41) is 45.4. The molecule has 18 heavy (non-hydrogen) atoms. The molecule has 9 nitrogen and oxygen atoms in total. The number of aliphatic carboxylic acids is 1. The van der Waals surface area contributed by atoms with E-state index in [0.717, 1.165) is 0 Å². The maximum atomic E-state index is 11.0. The minimum Gasteiger partial charge on any atom is -0.481 e. The first kappa shape index (κ1) is 14.8. The Kier molecular flexibility index (Phi) is 4.99. The maximum absolute atomic E-state index is 11.0. The number of esters is 1. The minimum absolute atomic E-state index is 0.669. The van der Waals surface area contributed by atoms with Gasteiger partial charge >= 0.3 is 11.9 Å². The predicted molar refractivity (Wildman–Crippen MR) is 52.1 cm³/mol. The summed E-state index contributed by atoms with van der Waals surface area (Å²) in [4.78, 5) is 21.3. The normalized spacial score (nSPS) is 36.1. The second-order valence-corrected chi connectivity index (χ2v) is 3.76. The Bertz CT molecular complexity index is 315. The van der Waals surface area contributed by atoms with E-state index < -0.39 is 55.7 Å². The summed E-state index contributed by atoms with van der Waals surface area (Å²) in [5.41, 5.74) is 0. The molecule has 5 N–H and O–H groups in total. The molecule has 1 saturated heterocycles. The molecule has 9 heteroatoms. The lowest BCUT2D eigenvalue weighted by Gasteiger charge is -2.39. The second-order valence-electron chi connectivity index (χ2n) is 3.76. The zero-order chi connectivity index (χ0) is 13.9. The molecule has 0 aromatic carbocycles. The second kappa shape index (κ2) is 6.07. The number of carboxylic acids is 1. The Morgan fingerprint density at radius 1 is 1.11 bits per heavy atom. The van der Waals surface area contributed by atoms with Crippen molar-refractivity contribution in [3.05, 3.63) is 0 Å². The highest BCUT2D eigenvalue weighted by Crippen LogP contribution is 2.22. The van der Waals surface area contributed by atoms with E-state index in [1.54, 1.807) is 0 Å². The van der Waals surface area contributed by atoms with Crippen LogP contribution in [0.25, 0.3) is 0 Å². The van der Waals surface area contributed by atoms with E-state index in [9.17, 15) is 24.9 Å². The average Bonchev–Trinajstić information content (AvgIpc) is 2.29. The number of aliphatic hydroxyl groups is 4. The molecule has 0 spiro atoms. The van der Waals surface area contributed by atoms with Crippen molar-refractivity contribution in [1.82, 2.24) is 0 Å². The van der Waals surface area contributed by atoms with Gasteiger partial charge in [0.2, 0.25) is 6.29 Å². The number of hydrogen-bond acceptors (Lipinski definition) is 8. The molecule has 0 amide bonds. The maximum Gasteiger partial charge on any atom is 0.319 e. The summed E-state index contributed by atoms with van der Waals surface area (Å²) in [6.07, 6.45) is -8.79. The molecular formula is C9H14O9. The Hall–Kier alpha value is -1.26. The van der Waals surface area contributed by atoms with E-state index >= 15 is 0 Å². The number of rotatable bonds is 4. The molecule has 0 aliphatic carbocycles. The van der Waals surface area contributed by atoms with Crippen LogP contribution in [0.4, 0.5) is 0 Å². The van der Waals surface area contributed by atoms with Crippen molar-refractivity contribution < 1.29 is 44.6 Å². The predicted octanol–water partition coefficient (Wildman–Crippen LogP) is -3.20. The van der Waals surface area contributed by atoms with Gasteiger partial charge in [-0.1, -0.05) is 0 Å². The highest BCUT2D eigenvalue weighted by atomic mass is 16.7. The van der Waals surface area contributed by atoms with Crippen molar-refractivity contribution in [2.75, 3.05) is 6.61 Å². The fourth-order valence-corrected chi connectivity index (χ4v) is 1.46. The van der Waals surface area contributed by atoms with Gasteiger partial charge < -0.3 is 35.0 Å². The van der Waals surface area contributed by atoms with Crippen molar-refractivity contribution in [3.8, 4) is 0 Å². The summed E-state index contributed by atoms with van der Waals surface area (Å²) in [5.74, 6) is -2.60. The Labute approximate surface area is 101 Å². The summed E-state index contributed by atoms with van der Waals surface area (Å²) in [7, 11) is 0. The van der Waals surface area contributed by atoms with Crippen molar-refractivity contribution in [2.45, 2.75) is 37.1 Å².